The maximum Gasteiger partial charge on any atom is 0.312 e. The summed E-state index contributed by atoms with van der Waals surface area (Å²) in [5.74, 6) is 7.94. The molecule has 15 aliphatic heterocycles. The molecule has 0 amide bonds. The van der Waals surface area contributed by atoms with Crippen LogP contribution in [0.25, 0.3) is 0 Å². The minimum absolute atomic E-state index is 0.00289. The Labute approximate surface area is 762 Å². The monoisotopic (exact) mass is 1830 g/mol. The van der Waals surface area contributed by atoms with Gasteiger partial charge in [0.2, 0.25) is 0 Å². The molecule has 0 N–H and O–H groups in total. The number of rotatable bonds is 0. The van der Waals surface area contributed by atoms with Crippen molar-refractivity contribution < 1.29 is 120 Å². The van der Waals surface area contributed by atoms with Gasteiger partial charge >= 0.3 is 47.8 Å². The van der Waals surface area contributed by atoms with Gasteiger partial charge in [0.25, 0.3) is 20.2 Å². The molecule has 0 aromatic carbocycles. The van der Waals surface area contributed by atoms with E-state index in [1.807, 2.05) is 166 Å². The van der Waals surface area contributed by atoms with Gasteiger partial charge in [-0.3, -0.25) is 46.7 Å². The first kappa shape index (κ1) is 116. The van der Waals surface area contributed by atoms with Crippen LogP contribution in [0.1, 0.15) is 378 Å². The van der Waals surface area contributed by atoms with Crippen LogP contribution in [0.5, 0.6) is 0 Å². The number of hydrogen-bond donors (Lipinski definition) is 0. The Balaban J connectivity index is 0.000000352. The van der Waals surface area contributed by atoms with Gasteiger partial charge in [-0.1, -0.05) is 198 Å². The second-order valence-electron chi connectivity index (χ2n) is 33.6. The van der Waals surface area contributed by atoms with Gasteiger partial charge in [0, 0.05) is 24.2 Å². The summed E-state index contributed by atoms with van der Waals surface area (Å²) in [6.07, 6.45) is 35.6. The van der Waals surface area contributed by atoms with Crippen LogP contribution in [0.15, 0.2) is 0 Å². The van der Waals surface area contributed by atoms with E-state index in [0.717, 1.165) is 133 Å². The summed E-state index contributed by atoms with van der Waals surface area (Å²) >= 11 is 0. The van der Waals surface area contributed by atoms with Crippen LogP contribution in [0, 0.1) is 87.8 Å². The normalized spacial score (nSPS) is 37.2. The molecule has 2 spiro atoms. The predicted octanol–water partition coefficient (Wildman–Crippen LogP) is 20.4. The lowest BCUT2D eigenvalue weighted by atomic mass is 9.68. The van der Waals surface area contributed by atoms with E-state index in [1.165, 1.54) is 83.5 Å². The summed E-state index contributed by atoms with van der Waals surface area (Å²) in [5, 5.41) is -0.133. The third-order valence-corrected chi connectivity index (χ3v) is 30.4. The highest BCUT2D eigenvalue weighted by Gasteiger charge is 2.61. The average molecular weight is 1830 g/mol. The molecule has 126 heavy (non-hydrogen) atoms. The molecule has 11 aliphatic carbocycles. The van der Waals surface area contributed by atoms with E-state index in [2.05, 4.69) is 4.18 Å². The largest absolute Gasteiger partial charge is 0.465 e. The fourth-order valence-corrected chi connectivity index (χ4v) is 25.2. The highest BCUT2D eigenvalue weighted by atomic mass is 32.2. The molecular weight excluding hydrogens is 1660 g/mol. The van der Waals surface area contributed by atoms with Gasteiger partial charge in [0.05, 0.1) is 98.0 Å². The summed E-state index contributed by atoms with van der Waals surface area (Å²) in [5.41, 5.74) is -0.0266. The number of esters is 8. The standard InChI is InChI=1S/2C10H14O2.C9H14O2.C8H10O2.C7H8O5.C7H10O3S.2C7H10O2.C6H8O3.C3H6O3S.12C2H6/c11-10-8-2-6-1-7(3-8)5-9(4-6)12-10;11-9-10(3-4-12-9)6-7-1-2-8(10)5-7;10-8-9(6-7-11-8)4-2-1-3-5-9;9-8-6-2-5-1-4(6)3-7(5)10-8;8-4-1-3-5(12-4)6-7(11-3)10-2-9-6;8-11(9)7-3-4-1-5(7)6(2-4)10-11;8-7-6-3-1-2-5(6)4-9-7;8-7-4-5-2-1-3-6(5)9-7;7-6-3-5-4(9-6)1-2-8-5;4-7(5)3-1-2-6-7;12*1-2/h6-9H,1-5H2;7-8H,1-6H2;1-7H2;4-7H,1-3H2;3,5-7H,1-2H2;4-7H,1-3H2;2*5-6H,1-4H2;4-5H,1-3H2;1-3H2;12*1-2H3. The lowest BCUT2D eigenvalue weighted by Gasteiger charge is -2.35. The van der Waals surface area contributed by atoms with Crippen molar-refractivity contribution in [3.8, 4) is 0 Å². The molecule has 26 nitrogen and oxygen atoms in total. The second kappa shape index (κ2) is 59.8. The van der Waals surface area contributed by atoms with Crippen LogP contribution in [0.4, 0.5) is 0 Å². The number of hydrogen-bond acceptors (Lipinski definition) is 26. The van der Waals surface area contributed by atoms with Crippen molar-refractivity contribution >= 4 is 68.0 Å². The van der Waals surface area contributed by atoms with E-state index < -0.39 is 20.2 Å². The first-order valence-corrected chi connectivity index (χ1v) is 54.0. The zero-order valence-electron chi connectivity index (χ0n) is 82.6. The van der Waals surface area contributed by atoms with Crippen LogP contribution in [0.2, 0.25) is 0 Å². The lowest BCUT2D eigenvalue weighted by Crippen LogP contribution is -2.39. The molecule has 26 aliphatic rings. The average Bonchev–Trinajstić information content (AvgIpc) is 1.58. The summed E-state index contributed by atoms with van der Waals surface area (Å²) in [7, 11) is -6.18. The van der Waals surface area contributed by atoms with Gasteiger partial charge in [0.1, 0.15) is 36.6 Å². The molecular formula is C98H176O26S2. The fourth-order valence-electron chi connectivity index (χ4n) is 22.3. The molecule has 0 aromatic rings. The zero-order chi connectivity index (χ0) is 94.7. The van der Waals surface area contributed by atoms with Crippen LogP contribution in [-0.4, -0.2) is 177 Å². The molecule has 23 atom stereocenters. The Bertz CT molecular complexity index is 3270. The minimum Gasteiger partial charge on any atom is -0.465 e. The Morgan fingerprint density at radius 2 is 0.960 bits per heavy atom. The summed E-state index contributed by atoms with van der Waals surface area (Å²) in [6, 6.07) is 0. The smallest absolute Gasteiger partial charge is 0.312 e. The molecule has 12 bridgehead atoms. The van der Waals surface area contributed by atoms with E-state index in [4.69, 9.17) is 61.0 Å². The molecule has 23 unspecified atom stereocenters. The number of fused-ring (bicyclic) bond motifs is 12. The third-order valence-electron chi connectivity index (χ3n) is 27.3. The van der Waals surface area contributed by atoms with Crippen LogP contribution in [-0.2, 0) is 124 Å². The molecule has 11 saturated carbocycles. The molecule has 736 valence electrons. The van der Waals surface area contributed by atoms with Crippen molar-refractivity contribution in [3.63, 3.8) is 0 Å². The quantitative estimate of drug-likeness (QED) is 0.123. The Morgan fingerprint density at radius 1 is 0.357 bits per heavy atom. The van der Waals surface area contributed by atoms with Crippen molar-refractivity contribution in [1.29, 1.82) is 0 Å². The van der Waals surface area contributed by atoms with E-state index in [1.54, 1.807) is 0 Å². The predicted molar refractivity (Wildman–Crippen MR) is 488 cm³/mol. The molecule has 26 fully saturated rings. The molecule has 15 saturated heterocycles. The maximum absolute atomic E-state index is 11.6. The Hall–Kier alpha value is -4.58. The highest BCUT2D eigenvalue weighted by molar-refractivity contribution is 7.87. The van der Waals surface area contributed by atoms with Crippen LogP contribution >= 0.6 is 0 Å². The van der Waals surface area contributed by atoms with E-state index in [9.17, 15) is 55.2 Å². The SMILES string of the molecule is CC.CC.CC.CC.CC.CC.CC.CC.CC.CC.CC.CC.O=C1CC2CCCC2O1.O=C1CC2OC3OCOC3C2O1.O=C1CC2OCCC2O1.O=C1OC2CC3CC(C2)CC1C3.O=C1OC2CC3CC2CC13.O=C1OCC2CCCC12.O=C1OCCC12CC1CCC2C1.O=C1OCCC12CCCCC2.O=S1(=O)CCCO1.O=S1(=O)OC2CC3CC2C1C3. The third kappa shape index (κ3) is 31.0. The van der Waals surface area contributed by atoms with E-state index in [-0.39, 0.29) is 137 Å². The summed E-state index contributed by atoms with van der Waals surface area (Å²) < 4.78 is 114. The van der Waals surface area contributed by atoms with Gasteiger partial charge in [-0.05, 0) is 196 Å². The fraction of sp³-hybridized carbons (Fsp3) is 0.918. The molecule has 0 radical (unpaired) electrons. The van der Waals surface area contributed by atoms with E-state index >= 15 is 0 Å². The Kier molecular flexibility index (Phi) is 54.9. The van der Waals surface area contributed by atoms with Gasteiger partial charge in [0.15, 0.2) is 25.3 Å². The van der Waals surface area contributed by atoms with Gasteiger partial charge in [-0.15, -0.1) is 0 Å². The number of ether oxygens (including phenoxy) is 12. The van der Waals surface area contributed by atoms with Crippen LogP contribution in [0.3, 0.4) is 0 Å². The van der Waals surface area contributed by atoms with Crippen molar-refractivity contribution in [2.45, 2.75) is 445 Å². The molecule has 15 heterocycles. The first-order chi connectivity index (χ1) is 61.1. The summed E-state index contributed by atoms with van der Waals surface area (Å²) in [4.78, 5) is 88.3. The van der Waals surface area contributed by atoms with Crippen molar-refractivity contribution in [2.75, 3.05) is 45.6 Å². The summed E-state index contributed by atoms with van der Waals surface area (Å²) in [6.45, 7) is 51.4. The van der Waals surface area contributed by atoms with Gasteiger partial charge < -0.3 is 56.8 Å². The van der Waals surface area contributed by atoms with Gasteiger partial charge in [-0.25, -0.2) is 0 Å². The van der Waals surface area contributed by atoms with Gasteiger partial charge in [-0.2, -0.15) is 16.8 Å². The van der Waals surface area contributed by atoms with Crippen molar-refractivity contribution in [1.82, 2.24) is 0 Å². The maximum atomic E-state index is 11.6. The second-order valence-corrected chi connectivity index (χ2v) is 37.1. The Morgan fingerprint density at radius 3 is 1.47 bits per heavy atom. The van der Waals surface area contributed by atoms with E-state index in [0.29, 0.717) is 106 Å². The molecule has 26 rings (SSSR count). The number of carbonyl (C=O) groups is 8. The zero-order valence-corrected chi connectivity index (χ0v) is 84.2. The highest BCUT2D eigenvalue weighted by Crippen LogP contribution is 2.60. The minimum atomic E-state index is -3.13. The topological polar surface area (TPSA) is 334 Å². The molecule has 0 aromatic heterocycles. The first-order valence-electron chi connectivity index (χ1n) is 50.9. The lowest BCUT2D eigenvalue weighted by molar-refractivity contribution is -0.169. The number of carbonyl (C=O) groups excluding carboxylic acids is 8. The van der Waals surface area contributed by atoms with Crippen molar-refractivity contribution in [3.05, 3.63) is 0 Å². The van der Waals surface area contributed by atoms with Crippen LogP contribution < -0.4 is 0 Å². The van der Waals surface area contributed by atoms with Crippen molar-refractivity contribution in [2.24, 2.45) is 87.8 Å². The molecule has 28 heteroatoms. The number of cyclic esters (lactones) is 3.